The summed E-state index contributed by atoms with van der Waals surface area (Å²) >= 11 is 0. The zero-order valence-corrected chi connectivity index (χ0v) is 73.3. The van der Waals surface area contributed by atoms with Crippen molar-refractivity contribution in [2.45, 2.75) is 53.9 Å². The van der Waals surface area contributed by atoms with E-state index in [0.29, 0.717) is 50.3 Å². The molecule has 0 saturated heterocycles. The fourth-order valence-corrected chi connectivity index (χ4v) is 20.6. The van der Waals surface area contributed by atoms with Crippen molar-refractivity contribution in [2.75, 3.05) is 0 Å². The summed E-state index contributed by atoms with van der Waals surface area (Å²) in [5.41, 5.74) is 24.8. The van der Waals surface area contributed by atoms with Crippen LogP contribution in [0.1, 0.15) is 66.8 Å². The van der Waals surface area contributed by atoms with Crippen LogP contribution in [-0.4, -0.2) is 18.3 Å². The molecule has 4 aromatic heterocycles. The number of hydrogen-bond acceptors (Lipinski definition) is 4. The largest absolute Gasteiger partial charge is 0.417 e. The van der Waals surface area contributed by atoms with Crippen LogP contribution >= 0.6 is 0 Å². The molecule has 22 aromatic rings. The van der Waals surface area contributed by atoms with Crippen LogP contribution in [0.2, 0.25) is 0 Å². The Morgan fingerprint density at radius 3 is 0.791 bits per heavy atom. The fraction of sp³-hybridized carbons (Fsp3) is 0.0667. The zero-order valence-electron chi connectivity index (χ0n) is 73.3. The molecule has 0 spiro atoms. The molecule has 0 saturated carbocycles. The summed E-state index contributed by atoms with van der Waals surface area (Å²) < 4.78 is 104. The second kappa shape index (κ2) is 31.8. The molecule has 0 atom stereocenters. The zero-order chi connectivity index (χ0) is 92.0. The van der Waals surface area contributed by atoms with Crippen molar-refractivity contribution >= 4 is 87.2 Å². The molecule has 0 fully saturated rings. The molecule has 0 bridgehead atoms. The summed E-state index contributed by atoms with van der Waals surface area (Å²) in [5, 5.41) is 50.8. The van der Waals surface area contributed by atoms with Crippen molar-refractivity contribution in [3.63, 3.8) is 0 Å². The minimum atomic E-state index is -4.93. The number of hydrogen-bond donors (Lipinski definition) is 0. The van der Waals surface area contributed by atoms with E-state index in [4.69, 9.17) is 0 Å². The third kappa shape index (κ3) is 13.6. The fourth-order valence-electron chi connectivity index (χ4n) is 20.6. The third-order valence-electron chi connectivity index (χ3n) is 27.0. The maximum absolute atomic E-state index is 16.2. The lowest BCUT2D eigenvalue weighted by atomic mass is 9.92. The topological polar surface area (TPSA) is 115 Å². The van der Waals surface area contributed by atoms with Crippen molar-refractivity contribution in [1.82, 2.24) is 18.3 Å². The first-order valence-corrected chi connectivity index (χ1v) is 44.1. The molecule has 0 aliphatic carbocycles. The second-order valence-corrected chi connectivity index (χ2v) is 34.8. The molecule has 18 aromatic carbocycles. The lowest BCUT2D eigenvalue weighted by Gasteiger charge is -2.21. The molecule has 0 unspecified atom stereocenters. The van der Waals surface area contributed by atoms with Gasteiger partial charge in [-0.05, 0) is 285 Å². The highest BCUT2D eigenvalue weighted by Gasteiger charge is 2.38. The van der Waals surface area contributed by atoms with Crippen molar-refractivity contribution in [1.29, 1.82) is 21.0 Å². The molecular weight excluding hydrogens is 1670 g/mol. The van der Waals surface area contributed by atoms with Crippen LogP contribution in [0.4, 0.5) is 26.3 Å². The molecule has 0 amide bonds. The normalized spacial score (nSPS) is 11.9. The van der Waals surface area contributed by atoms with E-state index in [-0.39, 0.29) is 44.5 Å². The lowest BCUT2D eigenvalue weighted by molar-refractivity contribution is -0.137. The molecule has 0 aliphatic rings. The average Bonchev–Trinajstić information content (AvgIpc) is 1.55. The van der Waals surface area contributed by atoms with Gasteiger partial charge in [0.25, 0.3) is 0 Å². The highest BCUT2D eigenvalue weighted by molar-refractivity contribution is 6.16. The van der Waals surface area contributed by atoms with E-state index in [9.17, 15) is 21.0 Å². The standard InChI is InChI=1S/C120H76F6N8/c1-69-19-7-11-23-87(69)79-37-47-109-99(55-79)100-58-82(40-48-110(100)131(109)113-63-103(93-41-31-75(65-127)53-105(93)119(121,122)123)117(61-85(113)67-129)132-111-49-38-80(88-24-12-8-20-70(88)2)56-101(111)102-57-81(39-50-112(102)132)89-25-13-9-21-71(89)3)91-43-33-77(51-73(91)5)78-34-44-92(74(6)52-78)84-36-46-97-95-27-15-17-29-107(95)133(115(97)60-84)114-64-104(94-42-32-76(66-128)54-106(94)120(124,125)126)118(62-86(114)68-130)134-108-30-18-16-28-96(108)98-45-35-83(59-116(98)134)90-26-14-10-22-72(90)4/h7-64H,1-6H3. The van der Waals surface area contributed by atoms with Gasteiger partial charge >= 0.3 is 12.4 Å². The van der Waals surface area contributed by atoms with E-state index in [2.05, 4.69) is 186 Å². The highest BCUT2D eigenvalue weighted by atomic mass is 19.4. The number of fused-ring (bicyclic) bond motifs is 12. The Morgan fingerprint density at radius 1 is 0.194 bits per heavy atom. The van der Waals surface area contributed by atoms with Crippen molar-refractivity contribution in [3.8, 4) is 147 Å². The number of rotatable bonds is 13. The van der Waals surface area contributed by atoms with Gasteiger partial charge in [0.1, 0.15) is 12.1 Å². The molecule has 8 nitrogen and oxygen atoms in total. The third-order valence-corrected chi connectivity index (χ3v) is 27.0. The molecule has 638 valence electrons. The number of nitrogens with zero attached hydrogens (tertiary/aromatic N) is 8. The number of alkyl halides is 6. The first-order chi connectivity index (χ1) is 65.0. The van der Waals surface area contributed by atoms with Crippen molar-refractivity contribution in [2.24, 2.45) is 0 Å². The van der Waals surface area contributed by atoms with Gasteiger partial charge in [0.2, 0.25) is 0 Å². The lowest BCUT2D eigenvalue weighted by Crippen LogP contribution is -2.10. The van der Waals surface area contributed by atoms with Gasteiger partial charge in [-0.1, -0.05) is 231 Å². The van der Waals surface area contributed by atoms with E-state index in [0.717, 1.165) is 183 Å². The van der Waals surface area contributed by atoms with Gasteiger partial charge in [-0.2, -0.15) is 47.4 Å². The van der Waals surface area contributed by atoms with Crippen molar-refractivity contribution < 1.29 is 26.3 Å². The molecule has 14 heteroatoms. The van der Waals surface area contributed by atoms with E-state index < -0.39 is 23.5 Å². The number of aryl methyl sites for hydroxylation is 6. The SMILES string of the molecule is Cc1ccccc1-c1ccc2c(c1)c1cc(-c3ccc(-c4ccc(-c5ccc6c7ccccc7n(-c7cc(-c8ccc(C#N)cc8C(F)(F)F)c(-n8c9ccccc9c9ccc(-c%10ccccc%10C)cc98)cc7C#N)c6c5)c(C)c4)cc3C)ccc1n2-c1cc(-c2ccc(C#N)cc2C(F)(F)F)c(-n2c3ccc(-c4ccccc4C)cc3c3cc(-c4ccccc4C)ccc32)cc1C#N. The predicted molar refractivity (Wildman–Crippen MR) is 530 cm³/mol. The van der Waals surface area contributed by atoms with Gasteiger partial charge in [-0.25, -0.2) is 0 Å². The Kier molecular flexibility index (Phi) is 19.6. The van der Waals surface area contributed by atoms with Crippen molar-refractivity contribution in [3.05, 3.63) is 419 Å². The van der Waals surface area contributed by atoms with E-state index in [1.807, 2.05) is 189 Å². The summed E-state index contributed by atoms with van der Waals surface area (Å²) in [5.74, 6) is 0. The van der Waals surface area contributed by atoms with Gasteiger partial charge < -0.3 is 18.3 Å². The Bertz CT molecular complexity index is 8900. The van der Waals surface area contributed by atoms with Gasteiger partial charge in [-0.15, -0.1) is 0 Å². The molecular formula is C120H76F6N8. The summed E-state index contributed by atoms with van der Waals surface area (Å²) in [4.78, 5) is 0. The number of para-hydroxylation sites is 2. The van der Waals surface area contributed by atoms with Crippen LogP contribution in [0, 0.1) is 86.9 Å². The summed E-state index contributed by atoms with van der Waals surface area (Å²) in [6.45, 7) is 12.4. The van der Waals surface area contributed by atoms with Crippen LogP contribution in [0.5, 0.6) is 0 Å². The Balaban J connectivity index is 0.670. The monoisotopic (exact) mass is 1740 g/mol. The van der Waals surface area contributed by atoms with E-state index in [1.54, 1.807) is 24.3 Å². The highest BCUT2D eigenvalue weighted by Crippen LogP contribution is 2.51. The number of nitriles is 4. The Labute approximate surface area is 767 Å². The Morgan fingerprint density at radius 2 is 0.463 bits per heavy atom. The molecule has 22 rings (SSSR count). The van der Waals surface area contributed by atoms with Crippen LogP contribution in [-0.2, 0) is 12.4 Å². The maximum atomic E-state index is 16.2. The van der Waals surface area contributed by atoms with Gasteiger partial charge in [-0.3, -0.25) is 0 Å². The summed E-state index contributed by atoms with van der Waals surface area (Å²) in [6, 6.07) is 121. The average molecular weight is 1740 g/mol. The molecule has 0 radical (unpaired) electrons. The molecule has 0 aliphatic heterocycles. The van der Waals surface area contributed by atoms with Crippen LogP contribution < -0.4 is 0 Å². The Hall–Kier alpha value is -17.3. The van der Waals surface area contributed by atoms with Gasteiger partial charge in [0.05, 0.1) is 112 Å². The summed E-state index contributed by atoms with van der Waals surface area (Å²) in [6.07, 6.45) is -9.83. The van der Waals surface area contributed by atoms with E-state index in [1.165, 1.54) is 24.3 Å². The minimum Gasteiger partial charge on any atom is -0.309 e. The quantitative estimate of drug-likeness (QED) is 0.107. The van der Waals surface area contributed by atoms with Gasteiger partial charge in [0.15, 0.2) is 0 Å². The van der Waals surface area contributed by atoms with Crippen LogP contribution in [0.3, 0.4) is 0 Å². The first kappa shape index (κ1) is 82.4. The summed E-state index contributed by atoms with van der Waals surface area (Å²) in [7, 11) is 0. The molecule has 134 heavy (non-hydrogen) atoms. The van der Waals surface area contributed by atoms with Gasteiger partial charge in [0, 0.05) is 54.2 Å². The number of benzene rings is 18. The van der Waals surface area contributed by atoms with E-state index >= 15 is 26.3 Å². The maximum Gasteiger partial charge on any atom is 0.417 e. The predicted octanol–water partition coefficient (Wildman–Crippen LogP) is 32.5. The van der Waals surface area contributed by atoms with Crippen LogP contribution in [0.25, 0.3) is 210 Å². The number of aromatic nitrogens is 4. The first-order valence-electron chi connectivity index (χ1n) is 44.1. The van der Waals surface area contributed by atoms with Crippen LogP contribution in [0.15, 0.2) is 352 Å². The number of halogens is 6. The minimum absolute atomic E-state index is 0.151. The second-order valence-electron chi connectivity index (χ2n) is 34.8. The molecule has 0 N–H and O–H groups in total. The smallest absolute Gasteiger partial charge is 0.309 e. The molecule has 4 heterocycles.